The van der Waals surface area contributed by atoms with Gasteiger partial charge in [0.1, 0.15) is 6.07 Å². The van der Waals surface area contributed by atoms with Gasteiger partial charge in [0.25, 0.3) is 0 Å². The molecular formula is C11H14N2O. The molecule has 74 valence electrons. The molecule has 0 spiro atoms. The van der Waals surface area contributed by atoms with Crippen molar-refractivity contribution in [2.45, 2.75) is 19.4 Å². The van der Waals surface area contributed by atoms with E-state index in [1.54, 1.807) is 6.07 Å². The second-order valence-corrected chi connectivity index (χ2v) is 3.09. The molecule has 0 saturated heterocycles. The minimum Gasteiger partial charge on any atom is -0.394 e. The average Bonchev–Trinajstić information content (AvgIpc) is 2.26. The molecular weight excluding hydrogens is 176 g/mol. The van der Waals surface area contributed by atoms with Crippen molar-refractivity contribution in [3.63, 3.8) is 0 Å². The first-order valence-corrected chi connectivity index (χ1v) is 4.68. The van der Waals surface area contributed by atoms with Gasteiger partial charge < -0.3 is 10.4 Å². The van der Waals surface area contributed by atoms with Gasteiger partial charge in [-0.3, -0.25) is 0 Å². The van der Waals surface area contributed by atoms with Crippen LogP contribution >= 0.6 is 0 Å². The summed E-state index contributed by atoms with van der Waals surface area (Å²) in [6.45, 7) is 2.07. The number of aliphatic hydroxyl groups excluding tert-OH is 1. The summed E-state index contributed by atoms with van der Waals surface area (Å²) in [4.78, 5) is 0. The van der Waals surface area contributed by atoms with E-state index in [0.29, 0.717) is 5.56 Å². The first-order chi connectivity index (χ1) is 6.81. The van der Waals surface area contributed by atoms with Crippen molar-refractivity contribution in [1.82, 2.24) is 0 Å². The van der Waals surface area contributed by atoms with E-state index < -0.39 is 0 Å². The lowest BCUT2D eigenvalue weighted by Gasteiger charge is -2.16. The fourth-order valence-electron chi connectivity index (χ4n) is 1.20. The van der Waals surface area contributed by atoms with Gasteiger partial charge in [-0.15, -0.1) is 0 Å². The highest BCUT2D eigenvalue weighted by Crippen LogP contribution is 2.15. The monoisotopic (exact) mass is 190 g/mol. The van der Waals surface area contributed by atoms with Crippen LogP contribution in [0.2, 0.25) is 0 Å². The van der Waals surface area contributed by atoms with Crippen molar-refractivity contribution in [2.75, 3.05) is 11.9 Å². The summed E-state index contributed by atoms with van der Waals surface area (Å²) in [5.41, 5.74) is 1.40. The van der Waals surface area contributed by atoms with Crippen LogP contribution in [0.4, 0.5) is 5.69 Å². The number of aliphatic hydroxyl groups is 1. The summed E-state index contributed by atoms with van der Waals surface area (Å²) in [7, 11) is 0. The van der Waals surface area contributed by atoms with Crippen LogP contribution in [0.15, 0.2) is 24.3 Å². The number of nitrogens with one attached hydrogen (secondary N) is 1. The van der Waals surface area contributed by atoms with Crippen molar-refractivity contribution >= 4 is 5.69 Å². The van der Waals surface area contributed by atoms with Crippen LogP contribution in [0.25, 0.3) is 0 Å². The van der Waals surface area contributed by atoms with Crippen LogP contribution in [0.3, 0.4) is 0 Å². The van der Waals surface area contributed by atoms with Gasteiger partial charge in [0.15, 0.2) is 0 Å². The van der Waals surface area contributed by atoms with E-state index in [4.69, 9.17) is 10.4 Å². The first kappa shape index (κ1) is 10.6. The fraction of sp³-hybridized carbons (Fsp3) is 0.364. The number of rotatable bonds is 4. The molecule has 0 aliphatic rings. The molecule has 0 aliphatic heterocycles. The van der Waals surface area contributed by atoms with Gasteiger partial charge in [-0.1, -0.05) is 19.1 Å². The molecule has 0 amide bonds. The van der Waals surface area contributed by atoms with Crippen LogP contribution in [0, 0.1) is 11.3 Å². The molecule has 1 atom stereocenters. The lowest BCUT2D eigenvalue weighted by Crippen LogP contribution is -2.22. The van der Waals surface area contributed by atoms with Crippen LogP contribution in [-0.2, 0) is 0 Å². The molecule has 3 heteroatoms. The Balaban J connectivity index is 2.80. The maximum atomic E-state index is 9.01. The standard InChI is InChI=1S/C11H14N2O/c1-2-10(8-14)13-11-6-4-3-5-9(11)7-12/h3-6,10,13-14H,2,8H2,1H3. The number of hydrogen-bond acceptors (Lipinski definition) is 3. The third-order valence-electron chi connectivity index (χ3n) is 2.12. The molecule has 1 rings (SSSR count). The smallest absolute Gasteiger partial charge is 0.101 e. The number of hydrogen-bond donors (Lipinski definition) is 2. The molecule has 0 fully saturated rings. The number of nitriles is 1. The number of para-hydroxylation sites is 1. The van der Waals surface area contributed by atoms with E-state index in [1.807, 2.05) is 25.1 Å². The topological polar surface area (TPSA) is 56.0 Å². The molecule has 0 radical (unpaired) electrons. The molecule has 0 aromatic heterocycles. The molecule has 0 aliphatic carbocycles. The Morgan fingerprint density at radius 1 is 1.50 bits per heavy atom. The Morgan fingerprint density at radius 3 is 2.79 bits per heavy atom. The van der Waals surface area contributed by atoms with Gasteiger partial charge in [-0.25, -0.2) is 0 Å². The lowest BCUT2D eigenvalue weighted by atomic mass is 10.1. The highest BCUT2D eigenvalue weighted by molar-refractivity contribution is 5.57. The molecule has 1 unspecified atom stereocenters. The second-order valence-electron chi connectivity index (χ2n) is 3.09. The van der Waals surface area contributed by atoms with Crippen LogP contribution in [0.1, 0.15) is 18.9 Å². The zero-order valence-electron chi connectivity index (χ0n) is 8.20. The van der Waals surface area contributed by atoms with E-state index in [2.05, 4.69) is 11.4 Å². The SMILES string of the molecule is CCC(CO)Nc1ccccc1C#N. The Morgan fingerprint density at radius 2 is 2.21 bits per heavy atom. The molecule has 0 saturated carbocycles. The summed E-state index contributed by atoms with van der Waals surface area (Å²) in [6, 6.07) is 9.41. The van der Waals surface area contributed by atoms with Crippen molar-refractivity contribution in [2.24, 2.45) is 0 Å². The fourth-order valence-corrected chi connectivity index (χ4v) is 1.20. The molecule has 3 nitrogen and oxygen atoms in total. The lowest BCUT2D eigenvalue weighted by molar-refractivity contribution is 0.272. The molecule has 14 heavy (non-hydrogen) atoms. The van der Waals surface area contributed by atoms with Gasteiger partial charge in [0.2, 0.25) is 0 Å². The first-order valence-electron chi connectivity index (χ1n) is 4.68. The second kappa shape index (κ2) is 5.25. The number of benzene rings is 1. The molecule has 0 bridgehead atoms. The van der Waals surface area contributed by atoms with Gasteiger partial charge in [0, 0.05) is 6.04 Å². The predicted molar refractivity (Wildman–Crippen MR) is 55.9 cm³/mol. The van der Waals surface area contributed by atoms with E-state index in [1.165, 1.54) is 0 Å². The zero-order chi connectivity index (χ0) is 10.4. The van der Waals surface area contributed by atoms with Crippen molar-refractivity contribution in [1.29, 1.82) is 5.26 Å². The molecule has 0 heterocycles. The Hall–Kier alpha value is -1.53. The van der Waals surface area contributed by atoms with Crippen molar-refractivity contribution in [3.8, 4) is 6.07 Å². The summed E-state index contributed by atoms with van der Waals surface area (Å²) in [6.07, 6.45) is 0.830. The van der Waals surface area contributed by atoms with Gasteiger partial charge >= 0.3 is 0 Å². The maximum Gasteiger partial charge on any atom is 0.101 e. The Labute approximate surface area is 84.0 Å². The van der Waals surface area contributed by atoms with Crippen LogP contribution in [0.5, 0.6) is 0 Å². The molecule has 1 aromatic carbocycles. The quantitative estimate of drug-likeness (QED) is 0.760. The largest absolute Gasteiger partial charge is 0.394 e. The average molecular weight is 190 g/mol. The summed E-state index contributed by atoms with van der Waals surface area (Å²) >= 11 is 0. The van der Waals surface area contributed by atoms with E-state index in [-0.39, 0.29) is 12.6 Å². The minimum absolute atomic E-state index is 0.0181. The minimum atomic E-state index is 0.0181. The number of anilines is 1. The van der Waals surface area contributed by atoms with Crippen molar-refractivity contribution in [3.05, 3.63) is 29.8 Å². The molecule has 2 N–H and O–H groups in total. The highest BCUT2D eigenvalue weighted by atomic mass is 16.3. The van der Waals surface area contributed by atoms with Crippen LogP contribution < -0.4 is 5.32 Å². The maximum absolute atomic E-state index is 9.01. The third-order valence-corrected chi connectivity index (χ3v) is 2.12. The van der Waals surface area contributed by atoms with Gasteiger partial charge in [-0.2, -0.15) is 5.26 Å². The van der Waals surface area contributed by atoms with Gasteiger partial charge in [0.05, 0.1) is 17.9 Å². The number of nitrogens with zero attached hydrogens (tertiary/aromatic N) is 1. The summed E-state index contributed by atoms with van der Waals surface area (Å²) in [5.74, 6) is 0. The van der Waals surface area contributed by atoms with E-state index >= 15 is 0 Å². The van der Waals surface area contributed by atoms with E-state index in [0.717, 1.165) is 12.1 Å². The molecule has 1 aromatic rings. The summed E-state index contributed by atoms with van der Waals surface area (Å²) in [5, 5.41) is 21.0. The highest BCUT2D eigenvalue weighted by Gasteiger charge is 2.06. The normalized spacial score (nSPS) is 11.8. The Kier molecular flexibility index (Phi) is 3.96. The Bertz CT molecular complexity index is 326. The third kappa shape index (κ3) is 2.48. The van der Waals surface area contributed by atoms with E-state index in [9.17, 15) is 0 Å². The van der Waals surface area contributed by atoms with Crippen molar-refractivity contribution < 1.29 is 5.11 Å². The summed E-state index contributed by atoms with van der Waals surface area (Å²) < 4.78 is 0. The zero-order valence-corrected chi connectivity index (χ0v) is 8.20. The predicted octanol–water partition coefficient (Wildman–Crippen LogP) is 1.74. The van der Waals surface area contributed by atoms with Gasteiger partial charge in [-0.05, 0) is 18.6 Å². The van der Waals surface area contributed by atoms with Crippen LogP contribution in [-0.4, -0.2) is 17.8 Å².